The van der Waals surface area contributed by atoms with Gasteiger partial charge in [-0.3, -0.25) is 19.2 Å². The maximum absolute atomic E-state index is 13.0. The molecule has 184 valence electrons. The minimum absolute atomic E-state index is 0.0359. The Bertz CT molecular complexity index is 677. The fourth-order valence-corrected chi connectivity index (χ4v) is 3.03. The van der Waals surface area contributed by atoms with Gasteiger partial charge in [0.2, 0.25) is 23.6 Å². The van der Waals surface area contributed by atoms with Crippen molar-refractivity contribution in [3.05, 3.63) is 0 Å². The third-order valence-corrected chi connectivity index (χ3v) is 5.79. The van der Waals surface area contributed by atoms with Crippen LogP contribution in [0.2, 0.25) is 0 Å². The number of nitrogens with one attached hydrogen (secondary N) is 3. The molecule has 0 aliphatic carbocycles. The van der Waals surface area contributed by atoms with Crippen LogP contribution < -0.4 is 27.4 Å². The average Bonchev–Trinajstić information content (AvgIpc) is 2.75. The Morgan fingerprint density at radius 3 is 1.69 bits per heavy atom. The van der Waals surface area contributed by atoms with Gasteiger partial charge >= 0.3 is 5.97 Å². The van der Waals surface area contributed by atoms with E-state index >= 15 is 0 Å². The van der Waals surface area contributed by atoms with E-state index in [9.17, 15) is 24.0 Å². The lowest BCUT2D eigenvalue weighted by atomic mass is 9.94. The van der Waals surface area contributed by atoms with Crippen LogP contribution in [0.15, 0.2) is 0 Å². The molecule has 0 saturated heterocycles. The predicted octanol–water partition coefficient (Wildman–Crippen LogP) is -0.860. The van der Waals surface area contributed by atoms with Crippen molar-refractivity contribution >= 4 is 42.2 Å². The molecule has 0 bridgehead atoms. The summed E-state index contributed by atoms with van der Waals surface area (Å²) in [6, 6.07) is -4.22. The van der Waals surface area contributed by atoms with Gasteiger partial charge in [-0.05, 0) is 18.3 Å². The lowest BCUT2D eigenvalue weighted by molar-refractivity contribution is -0.142. The van der Waals surface area contributed by atoms with Gasteiger partial charge < -0.3 is 32.5 Å². The molecule has 0 radical (unpaired) electrons. The molecule has 0 saturated carbocycles. The van der Waals surface area contributed by atoms with Gasteiger partial charge in [0, 0.05) is 12.2 Å². The molecule has 32 heavy (non-hydrogen) atoms. The standard InChI is InChI=1S/C20H37N5O6S/c1-5-10(3)15(18(28)23-13(9-32)20(30)31)25-19(29)16(11(4)6-2)24-17(27)12(21)7-8-14(22)26/h10-13,15-16,32H,5-9,21H2,1-4H3,(H2,22,26)(H,23,28)(H,24,27)(H,25,29)(H,30,31). The number of hydrogen-bond acceptors (Lipinski definition) is 7. The van der Waals surface area contributed by atoms with E-state index in [-0.39, 0.29) is 30.4 Å². The molecule has 0 spiro atoms. The fourth-order valence-electron chi connectivity index (χ4n) is 2.78. The second-order valence-electron chi connectivity index (χ2n) is 7.94. The van der Waals surface area contributed by atoms with E-state index < -0.39 is 53.8 Å². The highest BCUT2D eigenvalue weighted by Crippen LogP contribution is 2.13. The van der Waals surface area contributed by atoms with E-state index in [1.165, 1.54) is 0 Å². The predicted molar refractivity (Wildman–Crippen MR) is 123 cm³/mol. The summed E-state index contributed by atoms with van der Waals surface area (Å²) >= 11 is 3.93. The molecular weight excluding hydrogens is 438 g/mol. The van der Waals surface area contributed by atoms with Crippen LogP contribution in [0, 0.1) is 11.8 Å². The normalized spacial score (nSPS) is 16.6. The Labute approximate surface area is 194 Å². The highest BCUT2D eigenvalue weighted by Gasteiger charge is 2.34. The lowest BCUT2D eigenvalue weighted by Crippen LogP contribution is -2.60. The number of aliphatic carboxylic acids is 1. The summed E-state index contributed by atoms with van der Waals surface area (Å²) in [7, 11) is 0. The largest absolute Gasteiger partial charge is 0.480 e. The summed E-state index contributed by atoms with van der Waals surface area (Å²) in [5.41, 5.74) is 10.9. The molecule has 0 aromatic heterocycles. The molecule has 12 heteroatoms. The van der Waals surface area contributed by atoms with Gasteiger partial charge in [0.05, 0.1) is 6.04 Å². The number of hydrogen-bond donors (Lipinski definition) is 7. The molecule has 6 unspecified atom stereocenters. The maximum Gasteiger partial charge on any atom is 0.327 e. The van der Waals surface area contributed by atoms with Gasteiger partial charge in [-0.15, -0.1) is 0 Å². The lowest BCUT2D eigenvalue weighted by Gasteiger charge is -2.30. The van der Waals surface area contributed by atoms with E-state index in [0.29, 0.717) is 12.8 Å². The van der Waals surface area contributed by atoms with Crippen LogP contribution in [-0.2, 0) is 24.0 Å². The van der Waals surface area contributed by atoms with Crippen LogP contribution >= 0.6 is 12.6 Å². The van der Waals surface area contributed by atoms with Crippen LogP contribution in [0.3, 0.4) is 0 Å². The second kappa shape index (κ2) is 14.7. The number of nitrogens with two attached hydrogens (primary N) is 2. The molecule has 0 aromatic carbocycles. The van der Waals surface area contributed by atoms with E-state index in [1.807, 2.05) is 13.8 Å². The average molecular weight is 476 g/mol. The number of carboxylic acid groups (broad SMARTS) is 1. The molecule has 0 heterocycles. The monoisotopic (exact) mass is 475 g/mol. The number of carbonyl (C=O) groups excluding carboxylic acids is 4. The van der Waals surface area contributed by atoms with E-state index in [2.05, 4.69) is 28.6 Å². The Balaban J connectivity index is 5.49. The third kappa shape index (κ3) is 9.86. The first-order valence-electron chi connectivity index (χ1n) is 10.7. The van der Waals surface area contributed by atoms with Crippen molar-refractivity contribution in [2.45, 2.75) is 77.5 Å². The molecule has 0 fully saturated rings. The van der Waals surface area contributed by atoms with Crippen molar-refractivity contribution in [1.82, 2.24) is 16.0 Å². The molecule has 0 aliphatic heterocycles. The number of rotatable bonds is 15. The maximum atomic E-state index is 13.0. The van der Waals surface area contributed by atoms with Crippen LogP contribution in [0.5, 0.6) is 0 Å². The summed E-state index contributed by atoms with van der Waals surface area (Å²) in [5.74, 6) is -4.39. The minimum Gasteiger partial charge on any atom is -0.480 e. The van der Waals surface area contributed by atoms with Crippen molar-refractivity contribution in [3.8, 4) is 0 Å². The van der Waals surface area contributed by atoms with Crippen LogP contribution in [0.4, 0.5) is 0 Å². The summed E-state index contributed by atoms with van der Waals surface area (Å²) in [6.07, 6.45) is 1.06. The molecule has 0 aliphatic rings. The highest BCUT2D eigenvalue weighted by atomic mass is 32.1. The number of primary amides is 1. The molecule has 0 aromatic rings. The van der Waals surface area contributed by atoms with Gasteiger partial charge in [0.25, 0.3) is 0 Å². The Kier molecular flexibility index (Phi) is 13.6. The zero-order valence-electron chi connectivity index (χ0n) is 19.1. The number of carbonyl (C=O) groups is 5. The zero-order valence-corrected chi connectivity index (χ0v) is 20.0. The first-order chi connectivity index (χ1) is 14.9. The van der Waals surface area contributed by atoms with Gasteiger partial charge in [-0.2, -0.15) is 12.6 Å². The summed E-state index contributed by atoms with van der Waals surface area (Å²) < 4.78 is 0. The minimum atomic E-state index is -1.24. The summed E-state index contributed by atoms with van der Waals surface area (Å²) in [6.45, 7) is 7.18. The van der Waals surface area contributed by atoms with Crippen molar-refractivity contribution in [1.29, 1.82) is 0 Å². The SMILES string of the molecule is CCC(C)C(NC(=O)C(N)CCC(N)=O)C(=O)NC(C(=O)NC(CS)C(=O)O)C(C)CC. The first kappa shape index (κ1) is 29.7. The Hall–Kier alpha value is -2.34. The van der Waals surface area contributed by atoms with Crippen molar-refractivity contribution < 1.29 is 29.1 Å². The van der Waals surface area contributed by atoms with Crippen molar-refractivity contribution in [2.24, 2.45) is 23.3 Å². The topological polar surface area (TPSA) is 194 Å². The van der Waals surface area contributed by atoms with E-state index in [0.717, 1.165) is 0 Å². The van der Waals surface area contributed by atoms with Gasteiger partial charge in [0.15, 0.2) is 0 Å². The molecule has 11 nitrogen and oxygen atoms in total. The van der Waals surface area contributed by atoms with Crippen molar-refractivity contribution in [3.63, 3.8) is 0 Å². The summed E-state index contributed by atoms with van der Waals surface area (Å²) in [4.78, 5) is 60.3. The molecule has 8 N–H and O–H groups in total. The highest BCUT2D eigenvalue weighted by molar-refractivity contribution is 7.80. The smallest absolute Gasteiger partial charge is 0.327 e. The third-order valence-electron chi connectivity index (χ3n) is 5.42. The Morgan fingerprint density at radius 1 is 0.875 bits per heavy atom. The van der Waals surface area contributed by atoms with Crippen LogP contribution in [0.25, 0.3) is 0 Å². The number of thiol groups is 1. The van der Waals surface area contributed by atoms with Gasteiger partial charge in [-0.25, -0.2) is 4.79 Å². The fraction of sp³-hybridized carbons (Fsp3) is 0.750. The second-order valence-corrected chi connectivity index (χ2v) is 8.30. The molecule has 0 rings (SSSR count). The van der Waals surface area contributed by atoms with E-state index in [1.54, 1.807) is 13.8 Å². The van der Waals surface area contributed by atoms with E-state index in [4.69, 9.17) is 16.6 Å². The molecular formula is C20H37N5O6S. The van der Waals surface area contributed by atoms with Crippen LogP contribution in [0.1, 0.15) is 53.4 Å². The quantitative estimate of drug-likeness (QED) is 0.150. The number of carboxylic acids is 1. The van der Waals surface area contributed by atoms with Crippen molar-refractivity contribution in [2.75, 3.05) is 5.75 Å². The zero-order chi connectivity index (χ0) is 25.0. The van der Waals surface area contributed by atoms with Gasteiger partial charge in [0.1, 0.15) is 18.1 Å². The number of amides is 4. The summed E-state index contributed by atoms with van der Waals surface area (Å²) in [5, 5.41) is 16.8. The molecule has 4 amide bonds. The van der Waals surface area contributed by atoms with Gasteiger partial charge in [-0.1, -0.05) is 40.5 Å². The first-order valence-corrected chi connectivity index (χ1v) is 11.3. The Morgan fingerprint density at radius 2 is 1.31 bits per heavy atom. The van der Waals surface area contributed by atoms with Crippen LogP contribution in [-0.4, -0.2) is 64.6 Å². The molecule has 6 atom stereocenters.